The molecular formula is C11H13BrF3NO. The fraction of sp³-hybridized carbons (Fsp3) is 0.455. The van der Waals surface area contributed by atoms with Gasteiger partial charge in [0.25, 0.3) is 0 Å². The molecule has 1 unspecified atom stereocenters. The molecule has 1 aromatic rings. The third-order valence-electron chi connectivity index (χ3n) is 2.37. The van der Waals surface area contributed by atoms with Gasteiger partial charge in [-0.1, -0.05) is 34.1 Å². The number of halogens is 4. The summed E-state index contributed by atoms with van der Waals surface area (Å²) in [6.07, 6.45) is -6.92. The Morgan fingerprint density at radius 3 is 2.47 bits per heavy atom. The van der Waals surface area contributed by atoms with Crippen LogP contribution in [-0.4, -0.2) is 23.9 Å². The summed E-state index contributed by atoms with van der Waals surface area (Å²) in [7, 11) is 0. The first kappa shape index (κ1) is 14.5. The van der Waals surface area contributed by atoms with Crippen molar-refractivity contribution in [2.75, 3.05) is 6.54 Å². The molecule has 1 aromatic carbocycles. The van der Waals surface area contributed by atoms with Crippen molar-refractivity contribution in [2.24, 2.45) is 0 Å². The Labute approximate surface area is 106 Å². The lowest BCUT2D eigenvalue weighted by molar-refractivity contribution is -0.202. The Hall–Kier alpha value is -0.590. The summed E-state index contributed by atoms with van der Waals surface area (Å²) in [5.41, 5.74) is 0.849. The van der Waals surface area contributed by atoms with Crippen molar-refractivity contribution >= 4 is 15.9 Å². The van der Waals surface area contributed by atoms with Crippen LogP contribution in [0.15, 0.2) is 28.7 Å². The van der Waals surface area contributed by atoms with Gasteiger partial charge in [-0.3, -0.25) is 0 Å². The Morgan fingerprint density at radius 1 is 1.35 bits per heavy atom. The van der Waals surface area contributed by atoms with Crippen molar-refractivity contribution in [3.63, 3.8) is 0 Å². The molecule has 0 saturated carbocycles. The van der Waals surface area contributed by atoms with Gasteiger partial charge in [0.2, 0.25) is 0 Å². The molecule has 6 heteroatoms. The minimum absolute atomic E-state index is 0.275. The first-order valence-electron chi connectivity index (χ1n) is 5.05. The molecule has 0 aliphatic heterocycles. The number of benzene rings is 1. The second kappa shape index (κ2) is 5.84. The number of hydrogen-bond acceptors (Lipinski definition) is 2. The predicted molar refractivity (Wildman–Crippen MR) is 62.6 cm³/mol. The molecular weight excluding hydrogens is 299 g/mol. The molecule has 0 spiro atoms. The van der Waals surface area contributed by atoms with Gasteiger partial charge in [-0.05, 0) is 18.6 Å². The molecule has 2 atom stereocenters. The van der Waals surface area contributed by atoms with Crippen molar-refractivity contribution in [1.29, 1.82) is 0 Å². The number of hydrogen-bond donors (Lipinski definition) is 2. The van der Waals surface area contributed by atoms with E-state index in [9.17, 15) is 13.2 Å². The maximum atomic E-state index is 12.1. The van der Waals surface area contributed by atoms with Crippen LogP contribution in [0.3, 0.4) is 0 Å². The monoisotopic (exact) mass is 311 g/mol. The molecule has 2 nitrogen and oxygen atoms in total. The third kappa shape index (κ3) is 4.29. The summed E-state index contributed by atoms with van der Waals surface area (Å²) in [6, 6.07) is 6.97. The van der Waals surface area contributed by atoms with E-state index < -0.39 is 18.8 Å². The van der Waals surface area contributed by atoms with Gasteiger partial charge in [0, 0.05) is 17.1 Å². The average molecular weight is 312 g/mol. The highest BCUT2D eigenvalue weighted by Gasteiger charge is 2.37. The second-order valence-electron chi connectivity index (χ2n) is 3.71. The van der Waals surface area contributed by atoms with Crippen LogP contribution >= 0.6 is 15.9 Å². The van der Waals surface area contributed by atoms with Crippen LogP contribution < -0.4 is 5.32 Å². The molecule has 0 heterocycles. The first-order valence-corrected chi connectivity index (χ1v) is 5.84. The summed E-state index contributed by atoms with van der Waals surface area (Å²) in [5.74, 6) is 0. The van der Waals surface area contributed by atoms with Crippen molar-refractivity contribution in [2.45, 2.75) is 25.2 Å². The van der Waals surface area contributed by atoms with Crippen molar-refractivity contribution < 1.29 is 18.3 Å². The maximum absolute atomic E-state index is 12.1. The largest absolute Gasteiger partial charge is 0.415 e. The number of alkyl halides is 3. The van der Waals surface area contributed by atoms with Crippen molar-refractivity contribution in [1.82, 2.24) is 5.32 Å². The highest BCUT2D eigenvalue weighted by molar-refractivity contribution is 9.10. The van der Waals surface area contributed by atoms with E-state index in [4.69, 9.17) is 5.11 Å². The number of aliphatic hydroxyl groups excluding tert-OH is 1. The van der Waals surface area contributed by atoms with Crippen LogP contribution in [0.5, 0.6) is 0 Å². The van der Waals surface area contributed by atoms with Crippen LogP contribution in [0.1, 0.15) is 18.5 Å². The predicted octanol–water partition coefficient (Wildman–Crippen LogP) is 3.02. The summed E-state index contributed by atoms with van der Waals surface area (Å²) in [4.78, 5) is 0. The van der Waals surface area contributed by atoms with Gasteiger partial charge in [-0.25, -0.2) is 0 Å². The normalized spacial score (nSPS) is 15.6. The van der Waals surface area contributed by atoms with Gasteiger partial charge in [-0.2, -0.15) is 13.2 Å². The Morgan fingerprint density at radius 2 is 1.94 bits per heavy atom. The first-order chi connectivity index (χ1) is 7.82. The molecule has 0 radical (unpaired) electrons. The number of aliphatic hydroxyl groups is 1. The van der Waals surface area contributed by atoms with E-state index in [-0.39, 0.29) is 6.04 Å². The van der Waals surface area contributed by atoms with Gasteiger partial charge in [-0.15, -0.1) is 0 Å². The molecule has 0 fully saturated rings. The fourth-order valence-corrected chi connectivity index (χ4v) is 1.97. The van der Waals surface area contributed by atoms with E-state index >= 15 is 0 Å². The number of nitrogens with one attached hydrogen (secondary N) is 1. The van der Waals surface area contributed by atoms with Crippen LogP contribution in [0, 0.1) is 0 Å². The third-order valence-corrected chi connectivity index (χ3v) is 3.09. The summed E-state index contributed by atoms with van der Waals surface area (Å²) >= 11 is 3.32. The van der Waals surface area contributed by atoms with E-state index in [0.29, 0.717) is 0 Å². The minimum Gasteiger partial charge on any atom is -0.382 e. The lowest BCUT2D eigenvalue weighted by Crippen LogP contribution is -2.39. The molecule has 0 aliphatic rings. The number of rotatable bonds is 4. The minimum atomic E-state index is -4.58. The van der Waals surface area contributed by atoms with E-state index in [2.05, 4.69) is 21.2 Å². The van der Waals surface area contributed by atoms with E-state index in [1.807, 2.05) is 18.2 Å². The van der Waals surface area contributed by atoms with Gasteiger partial charge in [0.15, 0.2) is 6.10 Å². The Bertz CT molecular complexity index is 370. The zero-order valence-electron chi connectivity index (χ0n) is 9.13. The van der Waals surface area contributed by atoms with Gasteiger partial charge in [0.05, 0.1) is 0 Å². The SMILES string of the molecule is C[C@@H](NCC(O)C(F)(F)F)c1ccccc1Br. The maximum Gasteiger partial charge on any atom is 0.415 e. The van der Waals surface area contributed by atoms with E-state index in [0.717, 1.165) is 10.0 Å². The molecule has 1 rings (SSSR count). The van der Waals surface area contributed by atoms with Crippen LogP contribution in [0.25, 0.3) is 0 Å². The lowest BCUT2D eigenvalue weighted by atomic mass is 10.1. The average Bonchev–Trinajstić information content (AvgIpc) is 2.24. The van der Waals surface area contributed by atoms with E-state index in [1.165, 1.54) is 0 Å². The standard InChI is InChI=1S/C11H13BrF3NO/c1-7(8-4-2-3-5-9(8)12)16-6-10(17)11(13,14)15/h2-5,7,10,16-17H,6H2,1H3/t7-,10?/m1/s1. The van der Waals surface area contributed by atoms with Crippen LogP contribution in [0.2, 0.25) is 0 Å². The van der Waals surface area contributed by atoms with Crippen LogP contribution in [-0.2, 0) is 0 Å². The Kier molecular flexibility index (Phi) is 4.97. The lowest BCUT2D eigenvalue weighted by Gasteiger charge is -2.20. The van der Waals surface area contributed by atoms with Gasteiger partial charge < -0.3 is 10.4 Å². The van der Waals surface area contributed by atoms with Gasteiger partial charge >= 0.3 is 6.18 Å². The molecule has 96 valence electrons. The molecule has 0 aliphatic carbocycles. The van der Waals surface area contributed by atoms with Crippen molar-refractivity contribution in [3.8, 4) is 0 Å². The second-order valence-corrected chi connectivity index (χ2v) is 4.56. The Balaban J connectivity index is 2.57. The topological polar surface area (TPSA) is 32.3 Å². The molecule has 0 aromatic heterocycles. The zero-order chi connectivity index (χ0) is 13.1. The molecule has 2 N–H and O–H groups in total. The highest BCUT2D eigenvalue weighted by Crippen LogP contribution is 2.24. The highest BCUT2D eigenvalue weighted by atomic mass is 79.9. The smallest absolute Gasteiger partial charge is 0.382 e. The summed E-state index contributed by atoms with van der Waals surface area (Å²) in [6.45, 7) is 1.22. The molecule has 17 heavy (non-hydrogen) atoms. The zero-order valence-corrected chi connectivity index (χ0v) is 10.7. The fourth-order valence-electron chi connectivity index (χ4n) is 1.34. The molecule has 0 amide bonds. The van der Waals surface area contributed by atoms with Crippen molar-refractivity contribution in [3.05, 3.63) is 34.3 Å². The molecule has 0 bridgehead atoms. The molecule has 0 saturated heterocycles. The van der Waals surface area contributed by atoms with Crippen LogP contribution in [0.4, 0.5) is 13.2 Å². The van der Waals surface area contributed by atoms with Gasteiger partial charge in [0.1, 0.15) is 0 Å². The quantitative estimate of drug-likeness (QED) is 0.896. The summed E-state index contributed by atoms with van der Waals surface area (Å²) in [5, 5.41) is 11.5. The van der Waals surface area contributed by atoms with E-state index in [1.54, 1.807) is 13.0 Å². The summed E-state index contributed by atoms with van der Waals surface area (Å²) < 4.78 is 37.1.